The molecule has 1 unspecified atom stereocenters. The first-order valence-electron chi connectivity index (χ1n) is 5.56. The van der Waals surface area contributed by atoms with Crippen molar-refractivity contribution in [2.24, 2.45) is 11.7 Å². The van der Waals surface area contributed by atoms with E-state index >= 15 is 0 Å². The molecule has 3 N–H and O–H groups in total. The number of rotatable bonds is 3. The van der Waals surface area contributed by atoms with Gasteiger partial charge in [0.2, 0.25) is 5.91 Å². The Kier molecular flexibility index (Phi) is 4.07. The second-order valence-electron chi connectivity index (χ2n) is 4.51. The van der Waals surface area contributed by atoms with Gasteiger partial charge in [0.1, 0.15) is 0 Å². The lowest BCUT2D eigenvalue weighted by Crippen LogP contribution is -2.39. The van der Waals surface area contributed by atoms with Crippen LogP contribution in [0.5, 0.6) is 0 Å². The van der Waals surface area contributed by atoms with Crippen molar-refractivity contribution in [3.63, 3.8) is 0 Å². The third-order valence-electron chi connectivity index (χ3n) is 2.88. The number of hydrogen-bond acceptors (Lipinski definition) is 2. The van der Waals surface area contributed by atoms with Crippen molar-refractivity contribution in [2.45, 2.75) is 33.7 Å². The summed E-state index contributed by atoms with van der Waals surface area (Å²) in [5.41, 5.74) is 8.88. The van der Waals surface area contributed by atoms with Crippen LogP contribution in [-0.4, -0.2) is 11.9 Å². The highest BCUT2D eigenvalue weighted by atomic mass is 16.2. The molecule has 0 aliphatic carbocycles. The lowest BCUT2D eigenvalue weighted by Gasteiger charge is -2.17. The molecule has 1 amide bonds. The van der Waals surface area contributed by atoms with Crippen LogP contribution in [0.4, 0.5) is 5.69 Å². The van der Waals surface area contributed by atoms with Gasteiger partial charge in [-0.1, -0.05) is 26.0 Å². The molecule has 0 heterocycles. The highest BCUT2D eigenvalue weighted by Crippen LogP contribution is 2.18. The third-order valence-corrected chi connectivity index (χ3v) is 2.88. The quantitative estimate of drug-likeness (QED) is 0.820. The Morgan fingerprint density at radius 1 is 1.31 bits per heavy atom. The number of nitrogens with one attached hydrogen (secondary N) is 1. The standard InChI is InChI=1S/C13H20N2O/c1-8(2)12(14)13(16)15-11-7-5-6-9(3)10(11)4/h5-8,12H,14H2,1-4H3,(H,15,16). The second kappa shape index (κ2) is 5.12. The zero-order valence-corrected chi connectivity index (χ0v) is 10.4. The van der Waals surface area contributed by atoms with Gasteiger partial charge in [0.05, 0.1) is 6.04 Å². The molecule has 1 aromatic rings. The monoisotopic (exact) mass is 220 g/mol. The van der Waals surface area contributed by atoms with Gasteiger partial charge in [-0.25, -0.2) is 0 Å². The Balaban J connectivity index is 2.81. The minimum Gasteiger partial charge on any atom is -0.324 e. The number of hydrogen-bond donors (Lipinski definition) is 2. The van der Waals surface area contributed by atoms with Crippen molar-refractivity contribution >= 4 is 11.6 Å². The third kappa shape index (κ3) is 2.83. The van der Waals surface area contributed by atoms with Crippen molar-refractivity contribution in [3.05, 3.63) is 29.3 Å². The summed E-state index contributed by atoms with van der Waals surface area (Å²) >= 11 is 0. The Morgan fingerprint density at radius 2 is 1.94 bits per heavy atom. The fourth-order valence-electron chi connectivity index (χ4n) is 1.41. The predicted octanol–water partition coefficient (Wildman–Crippen LogP) is 2.23. The van der Waals surface area contributed by atoms with Crippen LogP contribution in [0.2, 0.25) is 0 Å². The Morgan fingerprint density at radius 3 is 2.50 bits per heavy atom. The summed E-state index contributed by atoms with van der Waals surface area (Å²) < 4.78 is 0. The van der Waals surface area contributed by atoms with E-state index in [1.165, 1.54) is 0 Å². The molecule has 1 atom stereocenters. The Bertz CT molecular complexity index is 386. The van der Waals surface area contributed by atoms with Crippen LogP contribution in [0.3, 0.4) is 0 Å². The summed E-state index contributed by atoms with van der Waals surface area (Å²) in [6.45, 7) is 7.89. The van der Waals surface area contributed by atoms with Gasteiger partial charge in [0, 0.05) is 5.69 Å². The number of benzene rings is 1. The first kappa shape index (κ1) is 12.7. The van der Waals surface area contributed by atoms with E-state index in [2.05, 4.69) is 5.32 Å². The number of amides is 1. The normalized spacial score (nSPS) is 12.6. The Labute approximate surface area is 97.0 Å². The first-order chi connectivity index (χ1) is 7.43. The highest BCUT2D eigenvalue weighted by Gasteiger charge is 2.17. The van der Waals surface area contributed by atoms with E-state index in [1.54, 1.807) is 0 Å². The van der Waals surface area contributed by atoms with Crippen LogP contribution in [-0.2, 0) is 4.79 Å². The zero-order chi connectivity index (χ0) is 12.3. The van der Waals surface area contributed by atoms with Crippen molar-refractivity contribution in [1.82, 2.24) is 0 Å². The Hall–Kier alpha value is -1.35. The molecular formula is C13H20N2O. The maximum absolute atomic E-state index is 11.8. The van der Waals surface area contributed by atoms with Crippen LogP contribution < -0.4 is 11.1 Å². The van der Waals surface area contributed by atoms with Crippen molar-refractivity contribution < 1.29 is 4.79 Å². The number of anilines is 1. The van der Waals surface area contributed by atoms with E-state index in [1.807, 2.05) is 45.9 Å². The molecule has 0 bridgehead atoms. The molecule has 0 aliphatic rings. The number of nitrogens with two attached hydrogens (primary N) is 1. The molecule has 88 valence electrons. The topological polar surface area (TPSA) is 55.1 Å². The van der Waals surface area contributed by atoms with Gasteiger partial charge in [-0.05, 0) is 37.0 Å². The molecular weight excluding hydrogens is 200 g/mol. The largest absolute Gasteiger partial charge is 0.324 e. The minimum atomic E-state index is -0.458. The maximum Gasteiger partial charge on any atom is 0.241 e. The van der Waals surface area contributed by atoms with E-state index in [0.29, 0.717) is 0 Å². The predicted molar refractivity (Wildman–Crippen MR) is 67.4 cm³/mol. The minimum absolute atomic E-state index is 0.122. The molecule has 0 aliphatic heterocycles. The average molecular weight is 220 g/mol. The van der Waals surface area contributed by atoms with Gasteiger partial charge in [-0.3, -0.25) is 4.79 Å². The summed E-state index contributed by atoms with van der Waals surface area (Å²) in [5.74, 6) is 0.0221. The van der Waals surface area contributed by atoms with Gasteiger partial charge in [-0.15, -0.1) is 0 Å². The lowest BCUT2D eigenvalue weighted by atomic mass is 10.0. The molecule has 0 spiro atoms. The molecule has 0 saturated heterocycles. The van der Waals surface area contributed by atoms with E-state index in [0.717, 1.165) is 16.8 Å². The van der Waals surface area contributed by atoms with Gasteiger partial charge >= 0.3 is 0 Å². The smallest absolute Gasteiger partial charge is 0.241 e. The SMILES string of the molecule is Cc1cccc(NC(=O)C(N)C(C)C)c1C. The van der Waals surface area contributed by atoms with Crippen LogP contribution in [0.1, 0.15) is 25.0 Å². The number of carbonyl (C=O) groups is 1. The van der Waals surface area contributed by atoms with Gasteiger partial charge < -0.3 is 11.1 Å². The molecule has 3 nitrogen and oxygen atoms in total. The van der Waals surface area contributed by atoms with Crippen LogP contribution in [0.25, 0.3) is 0 Å². The lowest BCUT2D eigenvalue weighted by molar-refractivity contribution is -0.118. The highest BCUT2D eigenvalue weighted by molar-refractivity contribution is 5.95. The van der Waals surface area contributed by atoms with Crippen LogP contribution in [0, 0.1) is 19.8 Å². The van der Waals surface area contributed by atoms with E-state index in [-0.39, 0.29) is 11.8 Å². The van der Waals surface area contributed by atoms with Crippen LogP contribution >= 0.6 is 0 Å². The first-order valence-corrected chi connectivity index (χ1v) is 5.56. The second-order valence-corrected chi connectivity index (χ2v) is 4.51. The summed E-state index contributed by atoms with van der Waals surface area (Å²) in [7, 11) is 0. The van der Waals surface area contributed by atoms with Gasteiger partial charge in [0.25, 0.3) is 0 Å². The molecule has 0 fully saturated rings. The van der Waals surface area contributed by atoms with Crippen molar-refractivity contribution in [2.75, 3.05) is 5.32 Å². The summed E-state index contributed by atoms with van der Waals surface area (Å²) in [4.78, 5) is 11.8. The molecule has 0 aromatic heterocycles. The van der Waals surface area contributed by atoms with E-state index in [4.69, 9.17) is 5.73 Å². The number of carbonyl (C=O) groups excluding carboxylic acids is 1. The summed E-state index contributed by atoms with van der Waals surface area (Å²) in [6.07, 6.45) is 0. The number of aryl methyl sites for hydroxylation is 1. The maximum atomic E-state index is 11.8. The van der Waals surface area contributed by atoms with Crippen LogP contribution in [0.15, 0.2) is 18.2 Å². The summed E-state index contributed by atoms with van der Waals surface area (Å²) in [5, 5.41) is 2.87. The van der Waals surface area contributed by atoms with E-state index < -0.39 is 6.04 Å². The molecule has 16 heavy (non-hydrogen) atoms. The van der Waals surface area contributed by atoms with Crippen molar-refractivity contribution in [3.8, 4) is 0 Å². The van der Waals surface area contributed by atoms with Gasteiger partial charge in [-0.2, -0.15) is 0 Å². The molecule has 0 saturated carbocycles. The van der Waals surface area contributed by atoms with Gasteiger partial charge in [0.15, 0.2) is 0 Å². The average Bonchev–Trinajstić information content (AvgIpc) is 2.23. The molecule has 0 radical (unpaired) electrons. The van der Waals surface area contributed by atoms with Crippen molar-refractivity contribution in [1.29, 1.82) is 0 Å². The molecule has 1 rings (SSSR count). The summed E-state index contributed by atoms with van der Waals surface area (Å²) in [6, 6.07) is 5.39. The zero-order valence-electron chi connectivity index (χ0n) is 10.4. The molecule has 1 aromatic carbocycles. The molecule has 3 heteroatoms. The fourth-order valence-corrected chi connectivity index (χ4v) is 1.41. The van der Waals surface area contributed by atoms with E-state index in [9.17, 15) is 4.79 Å². The fraction of sp³-hybridized carbons (Fsp3) is 0.462.